The van der Waals surface area contributed by atoms with Crippen molar-refractivity contribution in [1.82, 2.24) is 0 Å². The lowest BCUT2D eigenvalue weighted by Gasteiger charge is -2.09. The van der Waals surface area contributed by atoms with Crippen LogP contribution in [0, 0.1) is 6.92 Å². The molecule has 0 atom stereocenters. The predicted octanol–water partition coefficient (Wildman–Crippen LogP) is 4.67. The molecule has 0 spiro atoms. The standard InChI is InChI=1S/C15H12BrClO2/c1-10-2-7-13(17)8-15(10)19-9-14(18)11-3-5-12(16)6-4-11/h2-8H,9H2,1H3. The van der Waals surface area contributed by atoms with Gasteiger partial charge in [-0.3, -0.25) is 4.79 Å². The summed E-state index contributed by atoms with van der Waals surface area (Å²) < 4.78 is 6.46. The van der Waals surface area contributed by atoms with Gasteiger partial charge < -0.3 is 4.74 Å². The summed E-state index contributed by atoms with van der Waals surface area (Å²) in [7, 11) is 0. The first-order valence-corrected chi connectivity index (χ1v) is 6.91. The SMILES string of the molecule is Cc1ccc(Cl)cc1OCC(=O)c1ccc(Br)cc1. The molecule has 0 unspecified atom stereocenters. The zero-order chi connectivity index (χ0) is 13.8. The van der Waals surface area contributed by atoms with E-state index in [4.69, 9.17) is 16.3 Å². The second-order valence-electron chi connectivity index (χ2n) is 4.13. The minimum atomic E-state index is -0.0631. The molecule has 2 aromatic rings. The number of ketones is 1. The number of hydrogen-bond acceptors (Lipinski definition) is 2. The van der Waals surface area contributed by atoms with Gasteiger partial charge in [-0.05, 0) is 36.8 Å². The molecule has 0 aliphatic heterocycles. The van der Waals surface area contributed by atoms with E-state index in [0.29, 0.717) is 16.3 Å². The number of carbonyl (C=O) groups excluding carboxylic acids is 1. The molecule has 0 fully saturated rings. The first-order chi connectivity index (χ1) is 9.06. The minimum absolute atomic E-state index is 0.00279. The predicted molar refractivity (Wildman–Crippen MR) is 80.2 cm³/mol. The zero-order valence-corrected chi connectivity index (χ0v) is 12.7. The van der Waals surface area contributed by atoms with Crippen molar-refractivity contribution in [2.45, 2.75) is 6.92 Å². The van der Waals surface area contributed by atoms with Crippen LogP contribution in [0.4, 0.5) is 0 Å². The van der Waals surface area contributed by atoms with E-state index >= 15 is 0 Å². The summed E-state index contributed by atoms with van der Waals surface area (Å²) >= 11 is 9.23. The Hall–Kier alpha value is -1.32. The van der Waals surface area contributed by atoms with E-state index in [9.17, 15) is 4.79 Å². The summed E-state index contributed by atoms with van der Waals surface area (Å²) in [4.78, 5) is 12.0. The van der Waals surface area contributed by atoms with Crippen LogP contribution < -0.4 is 4.74 Å². The van der Waals surface area contributed by atoms with Crippen molar-refractivity contribution in [3.8, 4) is 5.75 Å². The summed E-state index contributed by atoms with van der Waals surface area (Å²) in [6.07, 6.45) is 0. The van der Waals surface area contributed by atoms with Gasteiger partial charge in [0.25, 0.3) is 0 Å². The van der Waals surface area contributed by atoms with Crippen LogP contribution in [0.25, 0.3) is 0 Å². The van der Waals surface area contributed by atoms with Crippen LogP contribution in [-0.4, -0.2) is 12.4 Å². The highest BCUT2D eigenvalue weighted by Gasteiger charge is 2.08. The van der Waals surface area contributed by atoms with Gasteiger partial charge >= 0.3 is 0 Å². The smallest absolute Gasteiger partial charge is 0.200 e. The normalized spacial score (nSPS) is 10.3. The third-order valence-electron chi connectivity index (χ3n) is 2.68. The molecule has 0 amide bonds. The Morgan fingerprint density at radius 3 is 2.58 bits per heavy atom. The summed E-state index contributed by atoms with van der Waals surface area (Å²) in [5, 5.41) is 0.594. The molecule has 0 radical (unpaired) electrons. The van der Waals surface area contributed by atoms with Gasteiger partial charge in [0.1, 0.15) is 5.75 Å². The number of ether oxygens (including phenoxy) is 1. The van der Waals surface area contributed by atoms with Crippen LogP contribution in [-0.2, 0) is 0 Å². The molecule has 98 valence electrons. The Morgan fingerprint density at radius 1 is 1.21 bits per heavy atom. The summed E-state index contributed by atoms with van der Waals surface area (Å²) in [6.45, 7) is 1.92. The Labute approximate surface area is 125 Å². The van der Waals surface area contributed by atoms with Crippen LogP contribution in [0.2, 0.25) is 5.02 Å². The molecule has 0 N–H and O–H groups in total. The van der Waals surface area contributed by atoms with Crippen LogP contribution in [0.15, 0.2) is 46.9 Å². The number of halogens is 2. The van der Waals surface area contributed by atoms with Gasteiger partial charge in [-0.1, -0.05) is 45.7 Å². The van der Waals surface area contributed by atoms with E-state index in [-0.39, 0.29) is 12.4 Å². The van der Waals surface area contributed by atoms with E-state index in [1.54, 1.807) is 24.3 Å². The van der Waals surface area contributed by atoms with E-state index < -0.39 is 0 Å². The molecule has 0 aliphatic carbocycles. The molecule has 0 bridgehead atoms. The topological polar surface area (TPSA) is 26.3 Å². The van der Waals surface area contributed by atoms with Crippen molar-refractivity contribution < 1.29 is 9.53 Å². The van der Waals surface area contributed by atoms with Crippen molar-refractivity contribution in [2.24, 2.45) is 0 Å². The number of rotatable bonds is 4. The van der Waals surface area contributed by atoms with Gasteiger partial charge in [0, 0.05) is 15.1 Å². The summed E-state index contributed by atoms with van der Waals surface area (Å²) in [6, 6.07) is 12.6. The average Bonchev–Trinajstić information content (AvgIpc) is 2.40. The third-order valence-corrected chi connectivity index (χ3v) is 3.44. The van der Waals surface area contributed by atoms with E-state index in [1.165, 1.54) is 0 Å². The van der Waals surface area contributed by atoms with Crippen LogP contribution >= 0.6 is 27.5 Å². The highest BCUT2D eigenvalue weighted by molar-refractivity contribution is 9.10. The van der Waals surface area contributed by atoms with Crippen LogP contribution in [0.3, 0.4) is 0 Å². The monoisotopic (exact) mass is 338 g/mol. The summed E-state index contributed by atoms with van der Waals surface area (Å²) in [5.74, 6) is 0.574. The van der Waals surface area contributed by atoms with Crippen LogP contribution in [0.5, 0.6) is 5.75 Å². The van der Waals surface area contributed by atoms with E-state index in [1.807, 2.05) is 25.1 Å². The number of Topliss-reactive ketones (excluding diaryl/α,β-unsaturated/α-hetero) is 1. The van der Waals surface area contributed by atoms with Gasteiger partial charge in [-0.25, -0.2) is 0 Å². The first kappa shape index (κ1) is 14.1. The molecule has 0 heterocycles. The fourth-order valence-corrected chi connectivity index (χ4v) is 2.02. The van der Waals surface area contributed by atoms with E-state index in [0.717, 1.165) is 10.0 Å². The average molecular weight is 340 g/mol. The van der Waals surface area contributed by atoms with Gasteiger partial charge in [0.05, 0.1) is 0 Å². The summed E-state index contributed by atoms with van der Waals surface area (Å²) in [5.41, 5.74) is 1.58. The molecule has 0 aromatic heterocycles. The van der Waals surface area contributed by atoms with Gasteiger partial charge in [0.2, 0.25) is 0 Å². The molecule has 0 saturated heterocycles. The second-order valence-corrected chi connectivity index (χ2v) is 5.48. The lowest BCUT2D eigenvalue weighted by molar-refractivity contribution is 0.0921. The molecule has 0 aliphatic rings. The van der Waals surface area contributed by atoms with Gasteiger partial charge in [-0.2, -0.15) is 0 Å². The Kier molecular flexibility index (Phi) is 4.61. The highest BCUT2D eigenvalue weighted by atomic mass is 79.9. The highest BCUT2D eigenvalue weighted by Crippen LogP contribution is 2.22. The molecule has 19 heavy (non-hydrogen) atoms. The maximum atomic E-state index is 12.0. The Balaban J connectivity index is 2.04. The minimum Gasteiger partial charge on any atom is -0.485 e. The van der Waals surface area contributed by atoms with Crippen LogP contribution in [0.1, 0.15) is 15.9 Å². The number of hydrogen-bond donors (Lipinski definition) is 0. The van der Waals surface area contributed by atoms with Crippen molar-refractivity contribution >= 4 is 33.3 Å². The molecule has 2 nitrogen and oxygen atoms in total. The fourth-order valence-electron chi connectivity index (χ4n) is 1.59. The molecular weight excluding hydrogens is 328 g/mol. The zero-order valence-electron chi connectivity index (χ0n) is 10.3. The molecule has 2 aromatic carbocycles. The largest absolute Gasteiger partial charge is 0.485 e. The first-order valence-electron chi connectivity index (χ1n) is 5.74. The lowest BCUT2D eigenvalue weighted by atomic mass is 10.1. The van der Waals surface area contributed by atoms with Gasteiger partial charge in [-0.15, -0.1) is 0 Å². The van der Waals surface area contributed by atoms with Crippen molar-refractivity contribution in [3.05, 3.63) is 63.1 Å². The fraction of sp³-hybridized carbons (Fsp3) is 0.133. The van der Waals surface area contributed by atoms with Crippen molar-refractivity contribution in [3.63, 3.8) is 0 Å². The van der Waals surface area contributed by atoms with Crippen molar-refractivity contribution in [2.75, 3.05) is 6.61 Å². The number of benzene rings is 2. The van der Waals surface area contributed by atoms with Crippen molar-refractivity contribution in [1.29, 1.82) is 0 Å². The Bertz CT molecular complexity index is 594. The number of carbonyl (C=O) groups is 1. The third kappa shape index (κ3) is 3.82. The second kappa shape index (κ2) is 6.22. The number of aryl methyl sites for hydroxylation is 1. The Morgan fingerprint density at radius 2 is 1.89 bits per heavy atom. The molecule has 0 saturated carbocycles. The maximum Gasteiger partial charge on any atom is 0.200 e. The quantitative estimate of drug-likeness (QED) is 0.757. The molecule has 2 rings (SSSR count). The lowest BCUT2D eigenvalue weighted by Crippen LogP contribution is -2.12. The maximum absolute atomic E-state index is 12.0. The molecule has 4 heteroatoms. The molecular formula is C15H12BrClO2. The van der Waals surface area contributed by atoms with E-state index in [2.05, 4.69) is 15.9 Å². The van der Waals surface area contributed by atoms with Gasteiger partial charge in [0.15, 0.2) is 12.4 Å².